The Balaban J connectivity index is 1.74. The molecule has 0 radical (unpaired) electrons. The fourth-order valence-electron chi connectivity index (χ4n) is 3.45. The average molecular weight is 448 g/mol. The summed E-state index contributed by atoms with van der Waals surface area (Å²) in [6.45, 7) is 2.81. The molecule has 0 bridgehead atoms. The van der Waals surface area contributed by atoms with Crippen molar-refractivity contribution in [3.8, 4) is 11.5 Å². The summed E-state index contributed by atoms with van der Waals surface area (Å²) < 4.78 is 98.3. The molecule has 0 aromatic heterocycles. The van der Waals surface area contributed by atoms with Gasteiger partial charge in [-0.15, -0.1) is 0 Å². The molecule has 1 aliphatic heterocycles. The van der Waals surface area contributed by atoms with Gasteiger partial charge in [0, 0.05) is 0 Å². The first-order valence-corrected chi connectivity index (χ1v) is 9.80. The topological polar surface area (TPSA) is 27.7 Å². The van der Waals surface area contributed by atoms with Gasteiger partial charge in [0.15, 0.2) is 11.6 Å². The summed E-state index contributed by atoms with van der Waals surface area (Å²) in [4.78, 5) is 0. The van der Waals surface area contributed by atoms with Crippen LogP contribution in [0.2, 0.25) is 0 Å². The van der Waals surface area contributed by atoms with Gasteiger partial charge in [-0.1, -0.05) is 29.8 Å². The van der Waals surface area contributed by atoms with E-state index in [9.17, 15) is 26.3 Å². The molecule has 1 heterocycles. The molecule has 0 amide bonds. The zero-order valence-corrected chi connectivity index (χ0v) is 16.9. The highest BCUT2D eigenvalue weighted by atomic mass is 19.4. The molecule has 0 aliphatic carbocycles. The third-order valence-electron chi connectivity index (χ3n) is 5.10. The molecule has 3 rings (SSSR count). The molecule has 2 aromatic carbocycles. The number of benzene rings is 2. The lowest BCUT2D eigenvalue weighted by Gasteiger charge is -2.33. The molecule has 0 N–H and O–H groups in total. The Morgan fingerprint density at radius 3 is 2.16 bits per heavy atom. The largest absolute Gasteiger partial charge is 0.493 e. The number of hydrogen-bond donors (Lipinski definition) is 0. The molecule has 2 unspecified atom stereocenters. The predicted octanol–water partition coefficient (Wildman–Crippen LogP) is 6.69. The second-order valence-corrected chi connectivity index (χ2v) is 7.35. The van der Waals surface area contributed by atoms with Crippen molar-refractivity contribution in [2.75, 3.05) is 13.2 Å². The quantitative estimate of drug-likeness (QED) is 0.461. The van der Waals surface area contributed by atoms with E-state index in [1.807, 2.05) is 31.2 Å². The SMILES string of the molecule is CCOc1ccc(OC(F)(F)C2CCC(c3ccc(C)cc3)OC2)c(F)c1C(F)(F)F. The number of aryl methyl sites for hydroxylation is 1. The average Bonchev–Trinajstić information content (AvgIpc) is 2.70. The summed E-state index contributed by atoms with van der Waals surface area (Å²) in [5.41, 5.74) is 0.121. The van der Waals surface area contributed by atoms with E-state index >= 15 is 0 Å². The highest BCUT2D eigenvalue weighted by Crippen LogP contribution is 2.44. The van der Waals surface area contributed by atoms with E-state index in [0.717, 1.165) is 17.2 Å². The van der Waals surface area contributed by atoms with E-state index in [2.05, 4.69) is 4.74 Å². The van der Waals surface area contributed by atoms with Crippen LogP contribution >= 0.6 is 0 Å². The van der Waals surface area contributed by atoms with E-state index < -0.39 is 41.1 Å². The summed E-state index contributed by atoms with van der Waals surface area (Å²) in [7, 11) is 0. The van der Waals surface area contributed by atoms with Gasteiger partial charge in [0.05, 0.1) is 25.2 Å². The second-order valence-electron chi connectivity index (χ2n) is 7.35. The minimum absolute atomic E-state index is 0.00365. The standard InChI is InChI=1S/C22H22F6O3/c1-3-29-17-10-11-18(20(23)19(17)21(24,25)26)31-22(27,28)15-8-9-16(30-12-15)14-6-4-13(2)5-7-14/h4-7,10-11,15-16H,3,8-9,12H2,1-2H3. The zero-order valence-electron chi connectivity index (χ0n) is 16.9. The highest BCUT2D eigenvalue weighted by molar-refractivity contribution is 5.44. The minimum Gasteiger partial charge on any atom is -0.493 e. The Hall–Kier alpha value is -2.42. The van der Waals surface area contributed by atoms with Crippen molar-refractivity contribution in [1.82, 2.24) is 0 Å². The van der Waals surface area contributed by atoms with Crippen molar-refractivity contribution in [3.05, 3.63) is 58.9 Å². The molecule has 9 heteroatoms. The van der Waals surface area contributed by atoms with Crippen LogP contribution in [0.3, 0.4) is 0 Å². The maximum Gasteiger partial charge on any atom is 0.422 e. The first-order valence-electron chi connectivity index (χ1n) is 9.80. The van der Waals surface area contributed by atoms with Crippen LogP contribution in [0.1, 0.15) is 42.6 Å². The van der Waals surface area contributed by atoms with Gasteiger partial charge >= 0.3 is 12.3 Å². The van der Waals surface area contributed by atoms with Crippen molar-refractivity contribution in [2.24, 2.45) is 5.92 Å². The predicted molar refractivity (Wildman–Crippen MR) is 101 cm³/mol. The van der Waals surface area contributed by atoms with E-state index in [0.29, 0.717) is 6.07 Å². The number of alkyl halides is 5. The second kappa shape index (κ2) is 8.98. The molecule has 1 fully saturated rings. The van der Waals surface area contributed by atoms with Crippen LogP contribution < -0.4 is 9.47 Å². The Morgan fingerprint density at radius 1 is 0.968 bits per heavy atom. The molecular weight excluding hydrogens is 426 g/mol. The van der Waals surface area contributed by atoms with Gasteiger partial charge in [0.2, 0.25) is 0 Å². The van der Waals surface area contributed by atoms with Gasteiger partial charge in [-0.25, -0.2) is 4.39 Å². The van der Waals surface area contributed by atoms with Crippen LogP contribution in [-0.2, 0) is 10.9 Å². The third kappa shape index (κ3) is 5.26. The van der Waals surface area contributed by atoms with Crippen LogP contribution in [0.25, 0.3) is 0 Å². The molecule has 170 valence electrons. The third-order valence-corrected chi connectivity index (χ3v) is 5.10. The molecule has 1 saturated heterocycles. The van der Waals surface area contributed by atoms with Crippen molar-refractivity contribution < 1.29 is 40.6 Å². The normalized spacial score (nSPS) is 19.9. The molecule has 31 heavy (non-hydrogen) atoms. The van der Waals surface area contributed by atoms with Crippen LogP contribution in [0, 0.1) is 18.7 Å². The van der Waals surface area contributed by atoms with Crippen molar-refractivity contribution in [1.29, 1.82) is 0 Å². The maximum absolute atomic E-state index is 14.7. The monoisotopic (exact) mass is 448 g/mol. The van der Waals surface area contributed by atoms with Crippen molar-refractivity contribution >= 4 is 0 Å². The van der Waals surface area contributed by atoms with Crippen LogP contribution in [0.4, 0.5) is 26.3 Å². The molecule has 3 nitrogen and oxygen atoms in total. The van der Waals surface area contributed by atoms with Gasteiger partial charge < -0.3 is 14.2 Å². The van der Waals surface area contributed by atoms with Crippen molar-refractivity contribution in [2.45, 2.75) is 45.1 Å². The van der Waals surface area contributed by atoms with Crippen molar-refractivity contribution in [3.63, 3.8) is 0 Å². The van der Waals surface area contributed by atoms with E-state index in [-0.39, 0.29) is 32.2 Å². The lowest BCUT2D eigenvalue weighted by Crippen LogP contribution is -2.40. The Morgan fingerprint density at radius 2 is 1.61 bits per heavy atom. The molecular formula is C22H22F6O3. The number of ether oxygens (including phenoxy) is 3. The highest BCUT2D eigenvalue weighted by Gasteiger charge is 2.47. The summed E-state index contributed by atoms with van der Waals surface area (Å²) in [5, 5.41) is 0. The van der Waals surface area contributed by atoms with E-state index in [1.54, 1.807) is 0 Å². The molecule has 2 aromatic rings. The smallest absolute Gasteiger partial charge is 0.422 e. The Labute approximate surface area is 175 Å². The zero-order chi connectivity index (χ0) is 22.8. The van der Waals surface area contributed by atoms with Gasteiger partial charge in [0.25, 0.3) is 0 Å². The molecule has 1 aliphatic rings. The van der Waals surface area contributed by atoms with E-state index in [1.165, 1.54) is 6.92 Å². The van der Waals surface area contributed by atoms with Gasteiger partial charge in [-0.3, -0.25) is 0 Å². The lowest BCUT2D eigenvalue weighted by molar-refractivity contribution is -0.242. The first-order chi connectivity index (χ1) is 14.5. The lowest BCUT2D eigenvalue weighted by atomic mass is 9.93. The fourth-order valence-corrected chi connectivity index (χ4v) is 3.45. The fraction of sp³-hybridized carbons (Fsp3) is 0.455. The van der Waals surface area contributed by atoms with E-state index in [4.69, 9.17) is 9.47 Å². The Bertz CT molecular complexity index is 887. The minimum atomic E-state index is -5.14. The van der Waals surface area contributed by atoms with Crippen LogP contribution in [0.5, 0.6) is 11.5 Å². The maximum atomic E-state index is 14.7. The van der Waals surface area contributed by atoms with Gasteiger partial charge in [0.1, 0.15) is 11.3 Å². The number of rotatable bonds is 6. The molecule has 0 saturated carbocycles. The van der Waals surface area contributed by atoms with Gasteiger partial charge in [-0.05, 0) is 44.4 Å². The molecule has 0 spiro atoms. The summed E-state index contributed by atoms with van der Waals surface area (Å²) in [6.07, 6.45) is -9.16. The van der Waals surface area contributed by atoms with Crippen LogP contribution in [-0.4, -0.2) is 19.3 Å². The summed E-state index contributed by atoms with van der Waals surface area (Å²) >= 11 is 0. The molecule has 2 atom stereocenters. The summed E-state index contributed by atoms with van der Waals surface area (Å²) in [5.74, 6) is -5.35. The number of halogens is 6. The van der Waals surface area contributed by atoms with Crippen LogP contribution in [0.15, 0.2) is 36.4 Å². The van der Waals surface area contributed by atoms with Gasteiger partial charge in [-0.2, -0.15) is 22.0 Å². The number of hydrogen-bond acceptors (Lipinski definition) is 3. The first kappa shape index (κ1) is 23.2. The summed E-state index contributed by atoms with van der Waals surface area (Å²) in [6, 6.07) is 8.95. The Kier molecular flexibility index (Phi) is 6.73.